The van der Waals surface area contributed by atoms with Crippen LogP contribution in [0.5, 0.6) is 0 Å². The van der Waals surface area contributed by atoms with E-state index in [9.17, 15) is 17.6 Å². The molecule has 0 unspecified atom stereocenters. The second-order valence-corrected chi connectivity index (χ2v) is 10.1. The Kier molecular flexibility index (Phi) is 6.18. The lowest BCUT2D eigenvalue weighted by atomic mass is 10.0. The van der Waals surface area contributed by atoms with Gasteiger partial charge in [0.25, 0.3) is 5.91 Å². The first-order valence-corrected chi connectivity index (χ1v) is 12.1. The molecule has 4 rings (SSSR count). The highest BCUT2D eigenvalue weighted by Gasteiger charge is 2.27. The highest BCUT2D eigenvalue weighted by molar-refractivity contribution is 7.91. The minimum Gasteiger partial charge on any atom is -0.322 e. The minimum atomic E-state index is -3.24. The van der Waals surface area contributed by atoms with Crippen LogP contribution in [0.3, 0.4) is 0 Å². The molecule has 2 aromatic carbocycles. The van der Waals surface area contributed by atoms with E-state index in [-0.39, 0.29) is 22.3 Å². The lowest BCUT2D eigenvalue weighted by molar-refractivity contribution is 0.102. The zero-order valence-corrected chi connectivity index (χ0v) is 17.8. The fourth-order valence-corrected chi connectivity index (χ4v) is 5.89. The topological polar surface area (TPSA) is 81.1 Å². The van der Waals surface area contributed by atoms with Gasteiger partial charge in [0.15, 0.2) is 9.84 Å². The number of nitrogens with one attached hydrogen (secondary N) is 1. The molecule has 31 heavy (non-hydrogen) atoms. The fraction of sp³-hybridized carbons (Fsp3) is 0.304. The predicted molar refractivity (Wildman–Crippen MR) is 117 cm³/mol. The van der Waals surface area contributed by atoms with Crippen LogP contribution >= 0.6 is 0 Å². The van der Waals surface area contributed by atoms with Gasteiger partial charge in [-0.15, -0.1) is 0 Å². The van der Waals surface area contributed by atoms with Crippen molar-refractivity contribution in [3.8, 4) is 5.69 Å². The SMILES string of the molecule is O=C(Nc1cccc(CS(=O)(=O)C2CCCCC2)c1)c1ccc(-n2cccn2)c(F)c1. The van der Waals surface area contributed by atoms with Crippen molar-refractivity contribution in [2.75, 3.05) is 5.32 Å². The minimum absolute atomic E-state index is 0.0471. The summed E-state index contributed by atoms with van der Waals surface area (Å²) in [5, 5.41) is 6.43. The number of amides is 1. The van der Waals surface area contributed by atoms with E-state index >= 15 is 0 Å². The molecule has 8 heteroatoms. The Bertz CT molecular complexity index is 1170. The van der Waals surface area contributed by atoms with Crippen LogP contribution < -0.4 is 5.32 Å². The van der Waals surface area contributed by atoms with Crippen molar-refractivity contribution in [2.45, 2.75) is 43.1 Å². The first-order valence-electron chi connectivity index (χ1n) is 10.3. The second-order valence-electron chi connectivity index (χ2n) is 7.84. The van der Waals surface area contributed by atoms with E-state index in [1.54, 1.807) is 42.7 Å². The summed E-state index contributed by atoms with van der Waals surface area (Å²) in [6, 6.07) is 12.6. The van der Waals surface area contributed by atoms with Crippen LogP contribution in [0.2, 0.25) is 0 Å². The second kappa shape index (κ2) is 9.01. The molecule has 0 radical (unpaired) electrons. The first kappa shape index (κ1) is 21.2. The molecule has 1 saturated carbocycles. The molecule has 6 nitrogen and oxygen atoms in total. The van der Waals surface area contributed by atoms with Crippen molar-refractivity contribution in [3.63, 3.8) is 0 Å². The van der Waals surface area contributed by atoms with Gasteiger partial charge in [0.2, 0.25) is 0 Å². The van der Waals surface area contributed by atoms with Crippen LogP contribution in [0.4, 0.5) is 10.1 Å². The number of halogens is 1. The summed E-state index contributed by atoms with van der Waals surface area (Å²) in [6.07, 6.45) is 7.60. The van der Waals surface area contributed by atoms with Gasteiger partial charge in [-0.25, -0.2) is 17.5 Å². The first-order chi connectivity index (χ1) is 14.9. The number of anilines is 1. The maximum atomic E-state index is 14.4. The lowest BCUT2D eigenvalue weighted by Crippen LogP contribution is -2.25. The van der Waals surface area contributed by atoms with E-state index in [0.29, 0.717) is 11.3 Å². The maximum Gasteiger partial charge on any atom is 0.255 e. The summed E-state index contributed by atoms with van der Waals surface area (Å²) in [7, 11) is -3.24. The Morgan fingerprint density at radius 1 is 1.10 bits per heavy atom. The third kappa shape index (κ3) is 5.02. The molecule has 1 fully saturated rings. The molecule has 162 valence electrons. The molecule has 1 aliphatic carbocycles. The molecular formula is C23H24FN3O3S. The molecular weight excluding hydrogens is 417 g/mol. The van der Waals surface area contributed by atoms with Crippen LogP contribution in [-0.4, -0.2) is 29.4 Å². The number of benzene rings is 2. The number of aromatic nitrogens is 2. The molecule has 1 amide bonds. The summed E-state index contributed by atoms with van der Waals surface area (Å²) in [5.74, 6) is -1.09. The number of rotatable bonds is 6. The molecule has 0 saturated heterocycles. The third-order valence-electron chi connectivity index (χ3n) is 5.57. The summed E-state index contributed by atoms with van der Waals surface area (Å²) >= 11 is 0. The number of nitrogens with zero attached hydrogens (tertiary/aromatic N) is 2. The summed E-state index contributed by atoms with van der Waals surface area (Å²) < 4.78 is 41.3. The van der Waals surface area contributed by atoms with Gasteiger partial charge in [0.1, 0.15) is 11.5 Å². The molecule has 1 aromatic heterocycles. The van der Waals surface area contributed by atoms with Crippen molar-refractivity contribution < 1.29 is 17.6 Å². The number of sulfone groups is 1. The summed E-state index contributed by atoms with van der Waals surface area (Å²) in [4.78, 5) is 12.6. The Morgan fingerprint density at radius 2 is 1.90 bits per heavy atom. The van der Waals surface area contributed by atoms with Gasteiger partial charge in [-0.3, -0.25) is 4.79 Å². The molecule has 0 bridgehead atoms. The molecule has 0 aliphatic heterocycles. The highest BCUT2D eigenvalue weighted by Crippen LogP contribution is 2.27. The zero-order valence-electron chi connectivity index (χ0n) is 17.0. The molecule has 3 aromatic rings. The Balaban J connectivity index is 1.46. The number of carbonyl (C=O) groups excluding carboxylic acids is 1. The number of hydrogen-bond donors (Lipinski definition) is 1. The van der Waals surface area contributed by atoms with Gasteiger partial charge in [0.05, 0.1) is 11.0 Å². The van der Waals surface area contributed by atoms with E-state index in [1.165, 1.54) is 16.8 Å². The largest absolute Gasteiger partial charge is 0.322 e. The van der Waals surface area contributed by atoms with Crippen LogP contribution in [0.15, 0.2) is 60.9 Å². The van der Waals surface area contributed by atoms with Crippen molar-refractivity contribution in [3.05, 3.63) is 77.9 Å². The average molecular weight is 442 g/mol. The highest BCUT2D eigenvalue weighted by atomic mass is 32.2. The predicted octanol–water partition coefficient (Wildman–Crippen LogP) is 4.51. The number of hydrogen-bond acceptors (Lipinski definition) is 4. The van der Waals surface area contributed by atoms with Crippen LogP contribution in [0.25, 0.3) is 5.69 Å². The van der Waals surface area contributed by atoms with Crippen LogP contribution in [0, 0.1) is 5.82 Å². The standard InChI is InChI=1S/C23H24FN3O3S/c24-21-15-18(10-11-22(21)27-13-5-12-25-27)23(28)26-19-7-4-6-17(14-19)16-31(29,30)20-8-2-1-3-9-20/h4-7,10-15,20H,1-3,8-9,16H2,(H,26,28). The van der Waals surface area contributed by atoms with Gasteiger partial charge in [-0.1, -0.05) is 31.4 Å². The van der Waals surface area contributed by atoms with Crippen LogP contribution in [-0.2, 0) is 15.6 Å². The van der Waals surface area contributed by atoms with E-state index in [4.69, 9.17) is 0 Å². The van der Waals surface area contributed by atoms with Gasteiger partial charge in [-0.05, 0) is 54.8 Å². The van der Waals surface area contributed by atoms with E-state index < -0.39 is 21.6 Å². The van der Waals surface area contributed by atoms with Gasteiger partial charge in [-0.2, -0.15) is 5.10 Å². The summed E-state index contributed by atoms with van der Waals surface area (Å²) in [5.41, 5.74) is 1.51. The van der Waals surface area contributed by atoms with Gasteiger partial charge >= 0.3 is 0 Å². The molecule has 1 heterocycles. The van der Waals surface area contributed by atoms with Gasteiger partial charge < -0.3 is 5.32 Å². The normalized spacial score (nSPS) is 15.0. The molecule has 0 atom stereocenters. The van der Waals surface area contributed by atoms with E-state index in [2.05, 4.69) is 10.4 Å². The van der Waals surface area contributed by atoms with Crippen molar-refractivity contribution >= 4 is 21.4 Å². The molecule has 0 spiro atoms. The third-order valence-corrected chi connectivity index (χ3v) is 7.80. The number of carbonyl (C=O) groups is 1. The Labute approximate surface area is 181 Å². The fourth-order valence-electron chi connectivity index (χ4n) is 3.96. The monoisotopic (exact) mass is 441 g/mol. The van der Waals surface area contributed by atoms with Crippen LogP contribution in [0.1, 0.15) is 48.0 Å². The molecule has 1 N–H and O–H groups in total. The smallest absolute Gasteiger partial charge is 0.255 e. The quantitative estimate of drug-likeness (QED) is 0.610. The Morgan fingerprint density at radius 3 is 2.61 bits per heavy atom. The average Bonchev–Trinajstić information content (AvgIpc) is 3.29. The van der Waals surface area contributed by atoms with E-state index in [1.807, 2.05) is 0 Å². The lowest BCUT2D eigenvalue weighted by Gasteiger charge is -2.21. The molecule has 1 aliphatic rings. The van der Waals surface area contributed by atoms with Gasteiger partial charge in [0, 0.05) is 23.6 Å². The van der Waals surface area contributed by atoms with Crippen molar-refractivity contribution in [1.82, 2.24) is 9.78 Å². The van der Waals surface area contributed by atoms with Crippen molar-refractivity contribution in [1.29, 1.82) is 0 Å². The Hall–Kier alpha value is -3.00. The summed E-state index contributed by atoms with van der Waals surface area (Å²) in [6.45, 7) is 0. The maximum absolute atomic E-state index is 14.4. The van der Waals surface area contributed by atoms with Crippen molar-refractivity contribution in [2.24, 2.45) is 0 Å². The zero-order chi connectivity index (χ0) is 21.8. The van der Waals surface area contributed by atoms with E-state index in [0.717, 1.165) is 38.2 Å².